The minimum atomic E-state index is -0.109. The van der Waals surface area contributed by atoms with E-state index in [2.05, 4.69) is 20.4 Å². The van der Waals surface area contributed by atoms with Gasteiger partial charge in [0.15, 0.2) is 11.5 Å². The molecule has 208 valence electrons. The van der Waals surface area contributed by atoms with E-state index in [0.717, 1.165) is 61.5 Å². The molecule has 2 aliphatic rings. The normalized spacial score (nSPS) is 20.7. The predicted octanol–water partition coefficient (Wildman–Crippen LogP) is 3.62. The highest BCUT2D eigenvalue weighted by Gasteiger charge is 2.31. The second-order valence-electron chi connectivity index (χ2n) is 10.8. The molecule has 1 fully saturated rings. The number of nitrogens with one attached hydrogen (secondary N) is 2. The summed E-state index contributed by atoms with van der Waals surface area (Å²) in [5.74, 6) is 2.31. The van der Waals surface area contributed by atoms with Crippen molar-refractivity contribution in [1.29, 1.82) is 0 Å². The molecule has 0 radical (unpaired) electrons. The van der Waals surface area contributed by atoms with Crippen LogP contribution >= 0.6 is 0 Å². The Morgan fingerprint density at radius 1 is 1.08 bits per heavy atom. The average molecular weight is 534 g/mol. The Kier molecular flexibility index (Phi) is 9.00. The number of likely N-dealkylation sites (N-methyl/N-ethyl adjacent to an activating group) is 1. The molecule has 0 bridgehead atoms. The number of rotatable bonds is 11. The van der Waals surface area contributed by atoms with E-state index < -0.39 is 0 Å². The highest BCUT2D eigenvalue weighted by atomic mass is 16.6. The van der Waals surface area contributed by atoms with Gasteiger partial charge in [0.25, 0.3) is 0 Å². The highest BCUT2D eigenvalue weighted by molar-refractivity contribution is 5.78. The molecule has 0 unspecified atom stereocenters. The number of benzene rings is 2. The van der Waals surface area contributed by atoms with Crippen LogP contribution in [0.25, 0.3) is 0 Å². The van der Waals surface area contributed by atoms with Crippen molar-refractivity contribution in [2.45, 2.75) is 57.0 Å². The van der Waals surface area contributed by atoms with E-state index >= 15 is 0 Å². The average Bonchev–Trinajstić information content (AvgIpc) is 3.45. The number of hydrogen-bond acceptors (Lipinski definition) is 7. The summed E-state index contributed by atoms with van der Waals surface area (Å²) in [6, 6.07) is 18.5. The fourth-order valence-corrected chi connectivity index (χ4v) is 5.36. The van der Waals surface area contributed by atoms with Crippen molar-refractivity contribution in [3.8, 4) is 17.2 Å². The lowest BCUT2D eigenvalue weighted by Gasteiger charge is -2.39. The van der Waals surface area contributed by atoms with Gasteiger partial charge in [-0.25, -0.2) is 0 Å². The highest BCUT2D eigenvalue weighted by Crippen LogP contribution is 2.36. The lowest BCUT2D eigenvalue weighted by molar-refractivity contribution is -0.122. The smallest absolute Gasteiger partial charge is 0.234 e. The van der Waals surface area contributed by atoms with E-state index in [-0.39, 0.29) is 18.1 Å². The number of hydrogen-bond donors (Lipinski definition) is 2. The molecule has 2 heterocycles. The molecular formula is C30H39N5O4. The number of aromatic amines is 1. The van der Waals surface area contributed by atoms with Crippen LogP contribution in [0.1, 0.15) is 36.9 Å². The van der Waals surface area contributed by atoms with E-state index in [4.69, 9.17) is 14.2 Å². The van der Waals surface area contributed by atoms with E-state index in [0.29, 0.717) is 31.5 Å². The minimum absolute atomic E-state index is 0.0938. The molecule has 1 aliphatic carbocycles. The van der Waals surface area contributed by atoms with Gasteiger partial charge in [0.2, 0.25) is 5.91 Å². The molecule has 2 N–H and O–H groups in total. The van der Waals surface area contributed by atoms with Crippen LogP contribution in [-0.4, -0.2) is 77.9 Å². The van der Waals surface area contributed by atoms with Gasteiger partial charge in [-0.3, -0.25) is 14.8 Å². The Morgan fingerprint density at radius 3 is 2.64 bits per heavy atom. The summed E-state index contributed by atoms with van der Waals surface area (Å²) >= 11 is 0. The second-order valence-corrected chi connectivity index (χ2v) is 10.8. The van der Waals surface area contributed by atoms with Gasteiger partial charge in [-0.1, -0.05) is 30.3 Å². The summed E-state index contributed by atoms with van der Waals surface area (Å²) in [7, 11) is 3.83. The second kappa shape index (κ2) is 13.0. The molecule has 0 spiro atoms. The Hall–Kier alpha value is -3.56. The molecule has 9 heteroatoms. The van der Waals surface area contributed by atoms with Crippen LogP contribution in [0, 0.1) is 0 Å². The third-order valence-electron chi connectivity index (χ3n) is 7.29. The van der Waals surface area contributed by atoms with Gasteiger partial charge in [0.05, 0.1) is 6.54 Å². The number of carbonyl (C=O) groups excluding carboxylic acids is 1. The maximum atomic E-state index is 12.2. The maximum absolute atomic E-state index is 12.2. The van der Waals surface area contributed by atoms with E-state index in [1.165, 1.54) is 0 Å². The maximum Gasteiger partial charge on any atom is 0.234 e. The fraction of sp³-hybridized carbons (Fsp3) is 0.467. The predicted molar refractivity (Wildman–Crippen MR) is 149 cm³/mol. The third kappa shape index (κ3) is 7.74. The third-order valence-corrected chi connectivity index (χ3v) is 7.29. The minimum Gasteiger partial charge on any atom is -0.489 e. The van der Waals surface area contributed by atoms with Crippen molar-refractivity contribution in [2.75, 3.05) is 33.8 Å². The summed E-state index contributed by atoms with van der Waals surface area (Å²) in [6.07, 6.45) is 5.65. The van der Waals surface area contributed by atoms with Crippen LogP contribution in [0.4, 0.5) is 0 Å². The zero-order valence-corrected chi connectivity index (χ0v) is 22.8. The Morgan fingerprint density at radius 2 is 1.90 bits per heavy atom. The molecule has 39 heavy (non-hydrogen) atoms. The molecule has 2 aromatic carbocycles. The van der Waals surface area contributed by atoms with Crippen molar-refractivity contribution < 1.29 is 19.0 Å². The standard InChI is InChI=1S/C30H39N5O4/c1-34(2)19-30(36)32-23-8-10-25(11-9-23)35(17-24-14-15-31-33-24)18-27-21-38-28-13-12-26(16-29(28)39-27)37-20-22-6-4-3-5-7-22/h3-7,12-16,23,25,27H,8-11,17-21H2,1-2H3,(H,31,33)(H,32,36)/t23?,25?,27-/m1/s1. The summed E-state index contributed by atoms with van der Waals surface area (Å²) < 4.78 is 18.5. The summed E-state index contributed by atoms with van der Waals surface area (Å²) in [6.45, 7) is 2.91. The fourth-order valence-electron chi connectivity index (χ4n) is 5.36. The first-order valence-electron chi connectivity index (χ1n) is 13.8. The van der Waals surface area contributed by atoms with Crippen molar-refractivity contribution >= 4 is 5.91 Å². The zero-order chi connectivity index (χ0) is 27.0. The van der Waals surface area contributed by atoms with Crippen LogP contribution in [0.3, 0.4) is 0 Å². The molecule has 9 nitrogen and oxygen atoms in total. The SMILES string of the molecule is CN(C)CC(=O)NC1CCC(N(Cc2ccn[nH]2)C[C@@H]2COc3ccc(OCc4ccccc4)cc3O2)CC1. The molecule has 1 atom stereocenters. The molecule has 3 aromatic rings. The Balaban J connectivity index is 1.19. The number of nitrogens with zero attached hydrogens (tertiary/aromatic N) is 3. The van der Waals surface area contributed by atoms with Crippen molar-refractivity contribution in [3.63, 3.8) is 0 Å². The molecule has 5 rings (SSSR count). The molecule has 1 aliphatic heterocycles. The molecule has 1 aromatic heterocycles. The Bertz CT molecular complexity index is 1180. The van der Waals surface area contributed by atoms with Gasteiger partial charge in [-0.05, 0) is 63.5 Å². The van der Waals surface area contributed by atoms with Gasteiger partial charge in [-0.2, -0.15) is 5.10 Å². The van der Waals surface area contributed by atoms with Crippen LogP contribution < -0.4 is 19.5 Å². The number of amides is 1. The van der Waals surface area contributed by atoms with E-state index in [9.17, 15) is 4.79 Å². The quantitative estimate of drug-likeness (QED) is 0.389. The largest absolute Gasteiger partial charge is 0.489 e. The van der Waals surface area contributed by atoms with Gasteiger partial charge >= 0.3 is 0 Å². The van der Waals surface area contributed by atoms with E-state index in [1.807, 2.05) is 73.6 Å². The first-order valence-corrected chi connectivity index (χ1v) is 13.8. The number of ether oxygens (including phenoxy) is 3. The monoisotopic (exact) mass is 533 g/mol. The van der Waals surface area contributed by atoms with Gasteiger partial charge in [0, 0.05) is 43.1 Å². The number of fused-ring (bicyclic) bond motifs is 1. The molecule has 1 amide bonds. The van der Waals surface area contributed by atoms with Crippen LogP contribution in [0.15, 0.2) is 60.8 Å². The van der Waals surface area contributed by atoms with Crippen molar-refractivity contribution in [3.05, 3.63) is 72.1 Å². The topological polar surface area (TPSA) is 92.0 Å². The van der Waals surface area contributed by atoms with Crippen molar-refractivity contribution in [2.24, 2.45) is 0 Å². The summed E-state index contributed by atoms with van der Waals surface area (Å²) in [5, 5.41) is 10.4. The van der Waals surface area contributed by atoms with Gasteiger partial charge < -0.3 is 24.4 Å². The lowest BCUT2D eigenvalue weighted by Crippen LogP contribution is -2.49. The lowest BCUT2D eigenvalue weighted by atomic mass is 9.89. The van der Waals surface area contributed by atoms with Crippen LogP contribution in [-0.2, 0) is 17.9 Å². The number of carbonyl (C=O) groups is 1. The first-order chi connectivity index (χ1) is 19.0. The number of aromatic nitrogens is 2. The van der Waals surface area contributed by atoms with Gasteiger partial charge in [-0.15, -0.1) is 0 Å². The van der Waals surface area contributed by atoms with Crippen molar-refractivity contribution in [1.82, 2.24) is 25.3 Å². The van der Waals surface area contributed by atoms with Crippen LogP contribution in [0.2, 0.25) is 0 Å². The zero-order valence-electron chi connectivity index (χ0n) is 22.8. The summed E-state index contributed by atoms with van der Waals surface area (Å²) in [5.41, 5.74) is 2.19. The molecule has 1 saturated carbocycles. The van der Waals surface area contributed by atoms with E-state index in [1.54, 1.807) is 6.20 Å². The first kappa shape index (κ1) is 27.0. The molecule has 0 saturated heterocycles. The summed E-state index contributed by atoms with van der Waals surface area (Å²) in [4.78, 5) is 16.6. The molecular weight excluding hydrogens is 494 g/mol. The Labute approximate surface area is 230 Å². The number of H-pyrrole nitrogens is 1. The van der Waals surface area contributed by atoms with Crippen LogP contribution in [0.5, 0.6) is 17.2 Å². The van der Waals surface area contributed by atoms with Gasteiger partial charge in [0.1, 0.15) is 25.1 Å².